The van der Waals surface area contributed by atoms with E-state index in [-0.39, 0.29) is 11.7 Å². The second kappa shape index (κ2) is 9.64. The summed E-state index contributed by atoms with van der Waals surface area (Å²) >= 11 is 0. The third-order valence-corrected chi connectivity index (χ3v) is 5.61. The highest BCUT2D eigenvalue weighted by molar-refractivity contribution is 6.06. The zero-order valence-electron chi connectivity index (χ0n) is 18.4. The number of carbonyl (C=O) groups excluding carboxylic acids is 1. The maximum atomic E-state index is 13.3. The third-order valence-electron chi connectivity index (χ3n) is 5.61. The molecule has 0 atom stereocenters. The van der Waals surface area contributed by atoms with Crippen LogP contribution in [0.4, 0.5) is 15.8 Å². The minimum Gasteiger partial charge on any atom is -0.368 e. The average molecular weight is 431 g/mol. The molecule has 3 aromatic carbocycles. The summed E-state index contributed by atoms with van der Waals surface area (Å²) in [6.07, 6.45) is 0. The second-order valence-electron chi connectivity index (χ2n) is 8.00. The van der Waals surface area contributed by atoms with Crippen LogP contribution in [0.25, 0.3) is 0 Å². The van der Waals surface area contributed by atoms with Crippen molar-refractivity contribution in [2.24, 2.45) is 4.99 Å². The number of hydrogen-bond donors (Lipinski definition) is 1. The summed E-state index contributed by atoms with van der Waals surface area (Å²) in [4.78, 5) is 21.9. The SMILES string of the molecule is Cc1ccc(C)c(N2CCN(C(=Nc3ccc(F)cc3)NC(=O)c3ccccc3)CC2)c1. The van der Waals surface area contributed by atoms with Crippen LogP contribution in [-0.4, -0.2) is 42.9 Å². The summed E-state index contributed by atoms with van der Waals surface area (Å²) < 4.78 is 13.3. The number of nitrogens with one attached hydrogen (secondary N) is 1. The molecule has 0 unspecified atom stereocenters. The van der Waals surface area contributed by atoms with Gasteiger partial charge >= 0.3 is 0 Å². The molecular formula is C26H27FN4O. The Bertz CT molecular complexity index is 1100. The lowest BCUT2D eigenvalue weighted by molar-refractivity contribution is 0.0971. The fourth-order valence-electron chi connectivity index (χ4n) is 3.80. The first kappa shape index (κ1) is 21.6. The van der Waals surface area contributed by atoms with E-state index in [1.54, 1.807) is 24.3 Å². The molecule has 6 heteroatoms. The number of aryl methyl sites for hydroxylation is 2. The Morgan fingerprint density at radius 2 is 1.59 bits per heavy atom. The predicted octanol–water partition coefficient (Wildman–Crippen LogP) is 4.68. The molecule has 164 valence electrons. The first-order valence-corrected chi connectivity index (χ1v) is 10.8. The fraction of sp³-hybridized carbons (Fsp3) is 0.231. The molecule has 0 saturated carbocycles. The lowest BCUT2D eigenvalue weighted by atomic mass is 10.1. The van der Waals surface area contributed by atoms with Crippen molar-refractivity contribution < 1.29 is 9.18 Å². The van der Waals surface area contributed by atoms with E-state index in [9.17, 15) is 9.18 Å². The van der Waals surface area contributed by atoms with Gasteiger partial charge in [0.2, 0.25) is 5.96 Å². The number of hydrogen-bond acceptors (Lipinski definition) is 3. The fourth-order valence-corrected chi connectivity index (χ4v) is 3.80. The Labute approximate surface area is 188 Å². The van der Waals surface area contributed by atoms with E-state index in [4.69, 9.17) is 0 Å². The largest absolute Gasteiger partial charge is 0.368 e. The number of piperazine rings is 1. The van der Waals surface area contributed by atoms with Gasteiger partial charge in [0.25, 0.3) is 5.91 Å². The highest BCUT2D eigenvalue weighted by Crippen LogP contribution is 2.23. The van der Waals surface area contributed by atoms with Crippen molar-refractivity contribution in [3.05, 3.63) is 95.3 Å². The zero-order valence-corrected chi connectivity index (χ0v) is 18.4. The van der Waals surface area contributed by atoms with E-state index in [0.29, 0.717) is 30.3 Å². The molecule has 5 nitrogen and oxygen atoms in total. The molecule has 0 aliphatic carbocycles. The van der Waals surface area contributed by atoms with Crippen molar-refractivity contribution in [2.45, 2.75) is 13.8 Å². The van der Waals surface area contributed by atoms with Gasteiger partial charge in [-0.15, -0.1) is 0 Å². The summed E-state index contributed by atoms with van der Waals surface area (Å²) in [5, 5.41) is 2.97. The lowest BCUT2D eigenvalue weighted by Crippen LogP contribution is -2.53. The Hall–Kier alpha value is -3.67. The molecule has 0 aromatic heterocycles. The van der Waals surface area contributed by atoms with Crippen LogP contribution in [0.5, 0.6) is 0 Å². The van der Waals surface area contributed by atoms with Gasteiger partial charge in [0.15, 0.2) is 0 Å². The molecule has 0 bridgehead atoms. The lowest BCUT2D eigenvalue weighted by Gasteiger charge is -2.38. The minimum atomic E-state index is -0.319. The first-order valence-electron chi connectivity index (χ1n) is 10.8. The van der Waals surface area contributed by atoms with Crippen molar-refractivity contribution in [3.63, 3.8) is 0 Å². The molecule has 1 heterocycles. The highest BCUT2D eigenvalue weighted by atomic mass is 19.1. The normalized spacial score (nSPS) is 14.4. The smallest absolute Gasteiger partial charge is 0.257 e. The molecule has 4 rings (SSSR count). The van der Waals surface area contributed by atoms with Gasteiger partial charge in [0, 0.05) is 37.4 Å². The van der Waals surface area contributed by atoms with Gasteiger partial charge < -0.3 is 9.80 Å². The molecule has 1 fully saturated rings. The molecule has 1 saturated heterocycles. The van der Waals surface area contributed by atoms with Crippen LogP contribution >= 0.6 is 0 Å². The molecule has 3 aromatic rings. The Balaban J connectivity index is 1.54. The van der Waals surface area contributed by atoms with Gasteiger partial charge in [-0.25, -0.2) is 9.38 Å². The van der Waals surface area contributed by atoms with Gasteiger partial charge in [-0.1, -0.05) is 30.3 Å². The van der Waals surface area contributed by atoms with Crippen molar-refractivity contribution in [3.8, 4) is 0 Å². The van der Waals surface area contributed by atoms with Crippen LogP contribution in [0.2, 0.25) is 0 Å². The quantitative estimate of drug-likeness (QED) is 0.485. The van der Waals surface area contributed by atoms with Crippen LogP contribution in [0, 0.1) is 19.7 Å². The Morgan fingerprint density at radius 1 is 0.906 bits per heavy atom. The number of guanidine groups is 1. The van der Waals surface area contributed by atoms with Crippen LogP contribution in [0.3, 0.4) is 0 Å². The van der Waals surface area contributed by atoms with Crippen molar-refractivity contribution >= 4 is 23.2 Å². The van der Waals surface area contributed by atoms with E-state index >= 15 is 0 Å². The van der Waals surface area contributed by atoms with E-state index < -0.39 is 0 Å². The summed E-state index contributed by atoms with van der Waals surface area (Å²) in [7, 11) is 0. The standard InChI is InChI=1S/C26H27FN4O/c1-19-8-9-20(2)24(18-19)30-14-16-31(17-15-30)26(28-23-12-10-22(27)11-13-23)29-25(32)21-6-4-3-5-7-21/h3-13,18H,14-17H2,1-2H3,(H,28,29,32). The summed E-state index contributed by atoms with van der Waals surface area (Å²) in [6, 6.07) is 21.5. The molecule has 1 N–H and O–H groups in total. The number of carbonyl (C=O) groups is 1. The van der Waals surface area contributed by atoms with Gasteiger partial charge in [-0.05, 0) is 67.4 Å². The molecule has 1 amide bonds. The first-order chi connectivity index (χ1) is 15.5. The number of nitrogens with zero attached hydrogens (tertiary/aromatic N) is 3. The van der Waals surface area contributed by atoms with Crippen molar-refractivity contribution in [2.75, 3.05) is 31.1 Å². The van der Waals surface area contributed by atoms with Crippen molar-refractivity contribution in [1.82, 2.24) is 10.2 Å². The van der Waals surface area contributed by atoms with Crippen LogP contribution in [0.1, 0.15) is 21.5 Å². The molecule has 1 aliphatic rings. The van der Waals surface area contributed by atoms with Crippen LogP contribution in [0.15, 0.2) is 77.8 Å². The maximum absolute atomic E-state index is 13.3. The second-order valence-corrected chi connectivity index (χ2v) is 8.00. The molecule has 32 heavy (non-hydrogen) atoms. The van der Waals surface area contributed by atoms with Gasteiger partial charge in [0.1, 0.15) is 5.82 Å². The predicted molar refractivity (Wildman–Crippen MR) is 127 cm³/mol. The Kier molecular flexibility index (Phi) is 6.50. The van der Waals surface area contributed by atoms with E-state index in [1.807, 2.05) is 18.2 Å². The van der Waals surface area contributed by atoms with Crippen molar-refractivity contribution in [1.29, 1.82) is 0 Å². The van der Waals surface area contributed by atoms with Crippen LogP contribution < -0.4 is 10.2 Å². The van der Waals surface area contributed by atoms with Gasteiger partial charge in [-0.2, -0.15) is 0 Å². The summed E-state index contributed by atoms with van der Waals surface area (Å²) in [6.45, 7) is 7.28. The Morgan fingerprint density at radius 3 is 2.28 bits per heavy atom. The minimum absolute atomic E-state index is 0.219. The van der Waals surface area contributed by atoms with Crippen LogP contribution in [-0.2, 0) is 0 Å². The monoisotopic (exact) mass is 430 g/mol. The molecule has 0 radical (unpaired) electrons. The average Bonchev–Trinajstić information content (AvgIpc) is 2.82. The van der Waals surface area contributed by atoms with E-state index in [2.05, 4.69) is 52.2 Å². The summed E-state index contributed by atoms with van der Waals surface area (Å²) in [5.41, 5.74) is 4.89. The molecular weight excluding hydrogens is 403 g/mol. The van der Waals surface area contributed by atoms with Gasteiger partial charge in [0.05, 0.1) is 5.69 Å². The third kappa shape index (κ3) is 5.14. The van der Waals surface area contributed by atoms with Gasteiger partial charge in [-0.3, -0.25) is 10.1 Å². The number of halogens is 1. The number of aliphatic imine (C=N–C) groups is 1. The van der Waals surface area contributed by atoms with E-state index in [0.717, 1.165) is 13.1 Å². The number of anilines is 1. The molecule has 1 aliphatic heterocycles. The highest BCUT2D eigenvalue weighted by Gasteiger charge is 2.23. The number of benzene rings is 3. The zero-order chi connectivity index (χ0) is 22.5. The number of rotatable bonds is 3. The van der Waals surface area contributed by atoms with E-state index in [1.165, 1.54) is 28.9 Å². The number of amides is 1. The summed E-state index contributed by atoms with van der Waals surface area (Å²) in [5.74, 6) is -0.0598. The molecule has 0 spiro atoms. The topological polar surface area (TPSA) is 47.9 Å². The maximum Gasteiger partial charge on any atom is 0.257 e.